The summed E-state index contributed by atoms with van der Waals surface area (Å²) in [6.07, 6.45) is 0. The molecule has 0 fully saturated rings. The Kier molecular flexibility index (Phi) is 3.37. The van der Waals surface area contributed by atoms with Crippen LogP contribution in [0.25, 0.3) is 0 Å². The average Bonchev–Trinajstić information content (AvgIpc) is 2.18. The van der Waals surface area contributed by atoms with Crippen molar-refractivity contribution in [1.82, 2.24) is 0 Å². The Hall–Kier alpha value is -1.67. The summed E-state index contributed by atoms with van der Waals surface area (Å²) in [6.45, 7) is 0. The van der Waals surface area contributed by atoms with Gasteiger partial charge in [0.25, 0.3) is 5.91 Å². The van der Waals surface area contributed by atoms with Crippen LogP contribution in [-0.4, -0.2) is 13.0 Å². The van der Waals surface area contributed by atoms with Gasteiger partial charge in [0.05, 0.1) is 12.7 Å². The molecule has 0 aromatic heterocycles. The number of hydrogen-bond donors (Lipinski definition) is 1. The van der Waals surface area contributed by atoms with E-state index < -0.39 is 5.91 Å². The van der Waals surface area contributed by atoms with E-state index in [1.54, 1.807) is 12.1 Å². The zero-order valence-electron chi connectivity index (χ0n) is 7.48. The highest BCUT2D eigenvalue weighted by Crippen LogP contribution is 2.24. The van der Waals surface area contributed by atoms with Gasteiger partial charge in [0.2, 0.25) is 0 Å². The first-order valence-corrected chi connectivity index (χ1v) is 4.54. The van der Waals surface area contributed by atoms with Gasteiger partial charge in [0.15, 0.2) is 0 Å². The predicted octanol–water partition coefficient (Wildman–Crippen LogP) is 1.37. The van der Waals surface area contributed by atoms with E-state index in [9.17, 15) is 4.79 Å². The van der Waals surface area contributed by atoms with Crippen molar-refractivity contribution in [3.05, 3.63) is 23.8 Å². The summed E-state index contributed by atoms with van der Waals surface area (Å²) in [4.78, 5) is 11.7. The second-order valence-corrected chi connectivity index (χ2v) is 3.28. The van der Waals surface area contributed by atoms with E-state index in [2.05, 4.69) is 0 Å². The van der Waals surface area contributed by atoms with Crippen LogP contribution in [0.15, 0.2) is 23.1 Å². The normalized spacial score (nSPS) is 9.14. The summed E-state index contributed by atoms with van der Waals surface area (Å²) >= 11 is 0.968. The van der Waals surface area contributed by atoms with Crippen LogP contribution in [0.1, 0.15) is 10.4 Å². The van der Waals surface area contributed by atoms with Crippen molar-refractivity contribution in [3.63, 3.8) is 0 Å². The van der Waals surface area contributed by atoms with Gasteiger partial charge in [-0.15, -0.1) is 0 Å². The van der Waals surface area contributed by atoms with Crippen molar-refractivity contribution in [2.24, 2.45) is 5.73 Å². The van der Waals surface area contributed by atoms with E-state index in [1.165, 1.54) is 13.2 Å². The van der Waals surface area contributed by atoms with E-state index in [0.29, 0.717) is 10.6 Å². The van der Waals surface area contributed by atoms with E-state index in [1.807, 2.05) is 5.40 Å². The van der Waals surface area contributed by atoms with Crippen LogP contribution < -0.4 is 10.5 Å². The number of hydrogen-bond acceptors (Lipinski definition) is 4. The first-order chi connectivity index (χ1) is 6.69. The van der Waals surface area contributed by atoms with E-state index in [-0.39, 0.29) is 5.56 Å². The van der Waals surface area contributed by atoms with Gasteiger partial charge in [0, 0.05) is 4.90 Å². The highest BCUT2D eigenvalue weighted by molar-refractivity contribution is 8.03. The fourth-order valence-corrected chi connectivity index (χ4v) is 1.41. The van der Waals surface area contributed by atoms with Crippen molar-refractivity contribution >= 4 is 17.7 Å². The lowest BCUT2D eigenvalue weighted by molar-refractivity contribution is 0.0997. The number of thiocyanates is 1. The minimum absolute atomic E-state index is 0.285. The molecule has 2 N–H and O–H groups in total. The van der Waals surface area contributed by atoms with Crippen LogP contribution >= 0.6 is 11.8 Å². The average molecular weight is 208 g/mol. The lowest BCUT2D eigenvalue weighted by Gasteiger charge is -2.05. The van der Waals surface area contributed by atoms with Gasteiger partial charge < -0.3 is 10.5 Å². The molecule has 1 aromatic carbocycles. The first-order valence-electron chi connectivity index (χ1n) is 3.73. The largest absolute Gasteiger partial charge is 0.496 e. The maximum Gasteiger partial charge on any atom is 0.252 e. The lowest BCUT2D eigenvalue weighted by atomic mass is 10.2. The molecule has 0 heterocycles. The lowest BCUT2D eigenvalue weighted by Crippen LogP contribution is -2.12. The fraction of sp³-hybridized carbons (Fsp3) is 0.111. The Labute approximate surface area is 85.7 Å². The van der Waals surface area contributed by atoms with Crippen LogP contribution in [0.2, 0.25) is 0 Å². The number of benzene rings is 1. The Bertz CT molecular complexity index is 398. The minimum Gasteiger partial charge on any atom is -0.496 e. The van der Waals surface area contributed by atoms with E-state index in [0.717, 1.165) is 11.8 Å². The van der Waals surface area contributed by atoms with Crippen LogP contribution in [0.4, 0.5) is 0 Å². The number of primary amides is 1. The Morgan fingerprint density at radius 2 is 2.36 bits per heavy atom. The van der Waals surface area contributed by atoms with E-state index >= 15 is 0 Å². The summed E-state index contributed by atoms with van der Waals surface area (Å²) in [7, 11) is 1.46. The monoisotopic (exact) mass is 208 g/mol. The smallest absolute Gasteiger partial charge is 0.252 e. The highest BCUT2D eigenvalue weighted by atomic mass is 32.2. The zero-order chi connectivity index (χ0) is 10.6. The second kappa shape index (κ2) is 4.53. The molecule has 0 bridgehead atoms. The molecule has 0 aliphatic carbocycles. The molecule has 14 heavy (non-hydrogen) atoms. The van der Waals surface area contributed by atoms with Crippen LogP contribution in [0.5, 0.6) is 5.75 Å². The molecule has 5 heteroatoms. The molecule has 0 spiro atoms. The van der Waals surface area contributed by atoms with Crippen molar-refractivity contribution in [2.75, 3.05) is 7.11 Å². The topological polar surface area (TPSA) is 76.1 Å². The molecule has 1 amide bonds. The molecule has 0 saturated carbocycles. The molecular formula is C9H8N2O2S. The number of nitrogens with two attached hydrogens (primary N) is 1. The molecule has 1 aromatic rings. The summed E-state index contributed by atoms with van der Waals surface area (Å²) in [5.41, 5.74) is 5.43. The maximum absolute atomic E-state index is 11.0. The van der Waals surface area contributed by atoms with Crippen molar-refractivity contribution < 1.29 is 9.53 Å². The van der Waals surface area contributed by atoms with Gasteiger partial charge in [-0.3, -0.25) is 4.79 Å². The van der Waals surface area contributed by atoms with Crippen LogP contribution in [0.3, 0.4) is 0 Å². The Morgan fingerprint density at radius 3 is 2.86 bits per heavy atom. The molecule has 0 radical (unpaired) electrons. The number of methoxy groups -OCH3 is 1. The Morgan fingerprint density at radius 1 is 1.64 bits per heavy atom. The highest BCUT2D eigenvalue weighted by Gasteiger charge is 2.09. The number of nitriles is 1. The number of carbonyl (C=O) groups is 1. The van der Waals surface area contributed by atoms with Crippen LogP contribution in [-0.2, 0) is 0 Å². The number of ether oxygens (including phenoxy) is 1. The number of amides is 1. The number of nitrogens with zero attached hydrogens (tertiary/aromatic N) is 1. The van der Waals surface area contributed by atoms with E-state index in [4.69, 9.17) is 15.7 Å². The first kappa shape index (κ1) is 10.4. The third kappa shape index (κ3) is 2.18. The molecule has 0 aliphatic heterocycles. The third-order valence-electron chi connectivity index (χ3n) is 1.60. The number of rotatable bonds is 3. The molecule has 0 aliphatic rings. The Balaban J connectivity index is 3.15. The van der Waals surface area contributed by atoms with Crippen molar-refractivity contribution in [3.8, 4) is 11.2 Å². The molecule has 1 rings (SSSR count). The molecule has 0 unspecified atom stereocenters. The van der Waals surface area contributed by atoms with Gasteiger partial charge >= 0.3 is 0 Å². The molecule has 72 valence electrons. The fourth-order valence-electron chi connectivity index (χ4n) is 0.996. The molecule has 0 saturated heterocycles. The van der Waals surface area contributed by atoms with Gasteiger partial charge in [-0.2, -0.15) is 5.26 Å². The van der Waals surface area contributed by atoms with Gasteiger partial charge in [-0.1, -0.05) is 0 Å². The quantitative estimate of drug-likeness (QED) is 0.601. The third-order valence-corrected chi connectivity index (χ3v) is 2.18. The van der Waals surface area contributed by atoms with Crippen molar-refractivity contribution in [1.29, 1.82) is 5.26 Å². The van der Waals surface area contributed by atoms with Gasteiger partial charge in [0.1, 0.15) is 11.2 Å². The standard InChI is InChI=1S/C9H8N2O2S/c1-13-8-3-2-6(14-5-10)4-7(8)9(11)12/h2-4H,1H3,(H2,11,12). The molecule has 0 atom stereocenters. The van der Waals surface area contributed by atoms with Gasteiger partial charge in [-0.05, 0) is 30.0 Å². The summed E-state index contributed by atoms with van der Waals surface area (Å²) in [5.74, 6) is -0.151. The predicted molar refractivity (Wildman–Crippen MR) is 53.0 cm³/mol. The number of thioether (sulfide) groups is 1. The SMILES string of the molecule is COc1ccc(SC#N)cc1C(N)=O. The summed E-state index contributed by atoms with van der Waals surface area (Å²) in [5, 5.41) is 10.4. The van der Waals surface area contributed by atoms with Crippen LogP contribution in [0, 0.1) is 10.7 Å². The zero-order valence-corrected chi connectivity index (χ0v) is 8.30. The molecule has 4 nitrogen and oxygen atoms in total. The molecular weight excluding hydrogens is 200 g/mol. The minimum atomic E-state index is -0.567. The summed E-state index contributed by atoms with van der Waals surface area (Å²) < 4.78 is 4.95. The second-order valence-electron chi connectivity index (χ2n) is 2.42. The van der Waals surface area contributed by atoms with Crippen molar-refractivity contribution in [2.45, 2.75) is 4.90 Å². The van der Waals surface area contributed by atoms with Gasteiger partial charge in [-0.25, -0.2) is 0 Å². The number of carbonyl (C=O) groups excluding carboxylic acids is 1. The maximum atomic E-state index is 11.0. The summed E-state index contributed by atoms with van der Waals surface area (Å²) in [6, 6.07) is 4.84.